The number of anilines is 2. The summed E-state index contributed by atoms with van der Waals surface area (Å²) in [6.45, 7) is 5.31. The summed E-state index contributed by atoms with van der Waals surface area (Å²) in [4.78, 5) is 18.3. The van der Waals surface area contributed by atoms with Crippen LogP contribution in [0.1, 0.15) is 25.4 Å². The Bertz CT molecular complexity index is 926. The van der Waals surface area contributed by atoms with Crippen LogP contribution in [0.3, 0.4) is 0 Å². The Morgan fingerprint density at radius 1 is 1.32 bits per heavy atom. The molecule has 0 spiro atoms. The number of benzene rings is 1. The minimum absolute atomic E-state index is 0.0611. The van der Waals surface area contributed by atoms with Crippen LogP contribution < -0.4 is 5.32 Å². The zero-order chi connectivity index (χ0) is 19.9. The van der Waals surface area contributed by atoms with Gasteiger partial charge in [0.25, 0.3) is 5.22 Å². The number of carbonyl (C=O) groups excluding carboxylic acids is 1. The van der Waals surface area contributed by atoms with E-state index in [1.807, 2.05) is 43.5 Å². The number of hydrogen-bond donors (Lipinski definition) is 1. The summed E-state index contributed by atoms with van der Waals surface area (Å²) in [6, 6.07) is 7.46. The third kappa shape index (κ3) is 5.70. The molecule has 1 amide bonds. The second-order valence-corrected chi connectivity index (χ2v) is 7.99. The zero-order valence-corrected chi connectivity index (χ0v) is 17.9. The van der Waals surface area contributed by atoms with Crippen molar-refractivity contribution in [2.75, 3.05) is 24.2 Å². The fraction of sp³-hybridized carbons (Fsp3) is 0.333. The normalized spacial score (nSPS) is 10.8. The zero-order valence-electron chi connectivity index (χ0n) is 15.5. The number of thioether (sulfide) groups is 1. The lowest BCUT2D eigenvalue weighted by Crippen LogP contribution is -2.31. The van der Waals surface area contributed by atoms with E-state index in [0.29, 0.717) is 35.6 Å². The van der Waals surface area contributed by atoms with Crippen molar-refractivity contribution >= 4 is 51.4 Å². The Morgan fingerprint density at radius 2 is 2.14 bits per heavy atom. The molecule has 2 aromatic heterocycles. The van der Waals surface area contributed by atoms with Gasteiger partial charge in [-0.1, -0.05) is 29.4 Å². The van der Waals surface area contributed by atoms with E-state index in [2.05, 4.69) is 20.5 Å². The highest BCUT2D eigenvalue weighted by Gasteiger charge is 2.14. The van der Waals surface area contributed by atoms with Gasteiger partial charge in [0.2, 0.25) is 11.8 Å². The van der Waals surface area contributed by atoms with E-state index >= 15 is 0 Å². The molecule has 28 heavy (non-hydrogen) atoms. The van der Waals surface area contributed by atoms with E-state index in [-0.39, 0.29) is 11.7 Å². The largest absolute Gasteiger partial charge is 0.416 e. The Hall–Kier alpha value is -2.10. The molecule has 0 aliphatic rings. The maximum absolute atomic E-state index is 12.0. The van der Waals surface area contributed by atoms with Crippen LogP contribution in [0, 0.1) is 0 Å². The lowest BCUT2D eigenvalue weighted by Gasteiger charge is -2.17. The van der Waals surface area contributed by atoms with Crippen LogP contribution in [0.2, 0.25) is 5.02 Å². The van der Waals surface area contributed by atoms with Crippen LogP contribution in [0.5, 0.6) is 0 Å². The molecular formula is C18H20ClN5O2S2. The fourth-order valence-corrected chi connectivity index (χ4v) is 4.05. The van der Waals surface area contributed by atoms with Gasteiger partial charge in [0, 0.05) is 29.2 Å². The average Bonchev–Trinajstić information content (AvgIpc) is 3.31. The number of amides is 1. The third-order valence-corrected chi connectivity index (χ3v) is 5.69. The van der Waals surface area contributed by atoms with E-state index in [0.717, 1.165) is 16.5 Å². The van der Waals surface area contributed by atoms with Gasteiger partial charge in [0.1, 0.15) is 0 Å². The highest BCUT2D eigenvalue weighted by Crippen LogP contribution is 2.24. The Labute approximate surface area is 176 Å². The van der Waals surface area contributed by atoms with E-state index in [4.69, 9.17) is 16.0 Å². The molecule has 3 aromatic rings. The predicted molar refractivity (Wildman–Crippen MR) is 113 cm³/mol. The summed E-state index contributed by atoms with van der Waals surface area (Å²) in [5, 5.41) is 15.0. The SMILES string of the molecule is CCN(CC)C(=O)CSc1nnc(Cc2csc(Nc3cccc(Cl)c3)n2)o1. The van der Waals surface area contributed by atoms with Gasteiger partial charge in [0.05, 0.1) is 17.9 Å². The van der Waals surface area contributed by atoms with Gasteiger partial charge < -0.3 is 14.6 Å². The molecule has 148 valence electrons. The van der Waals surface area contributed by atoms with Crippen molar-refractivity contribution in [1.29, 1.82) is 0 Å². The second-order valence-electron chi connectivity index (χ2n) is 5.77. The first kappa shape index (κ1) is 20.6. The van der Waals surface area contributed by atoms with E-state index in [1.54, 1.807) is 4.90 Å². The van der Waals surface area contributed by atoms with Crippen LogP contribution >= 0.6 is 34.7 Å². The minimum Gasteiger partial charge on any atom is -0.416 e. The van der Waals surface area contributed by atoms with Crippen molar-refractivity contribution in [3.8, 4) is 0 Å². The Kier molecular flexibility index (Phi) is 7.30. The van der Waals surface area contributed by atoms with Gasteiger partial charge in [-0.2, -0.15) is 0 Å². The number of nitrogens with one attached hydrogen (secondary N) is 1. The first-order valence-corrected chi connectivity index (χ1v) is 11.0. The van der Waals surface area contributed by atoms with Crippen LogP contribution in [-0.4, -0.2) is 44.8 Å². The molecule has 0 saturated heterocycles. The maximum atomic E-state index is 12.0. The molecule has 0 aliphatic heterocycles. The highest BCUT2D eigenvalue weighted by atomic mass is 35.5. The van der Waals surface area contributed by atoms with Crippen molar-refractivity contribution in [3.63, 3.8) is 0 Å². The summed E-state index contributed by atoms with van der Waals surface area (Å²) in [7, 11) is 0. The molecule has 0 unspecified atom stereocenters. The van der Waals surface area contributed by atoms with E-state index < -0.39 is 0 Å². The molecule has 1 aromatic carbocycles. The van der Waals surface area contributed by atoms with Crippen molar-refractivity contribution in [2.45, 2.75) is 25.5 Å². The van der Waals surface area contributed by atoms with Crippen LogP contribution in [-0.2, 0) is 11.2 Å². The minimum atomic E-state index is 0.0611. The standard InChI is InChI=1S/C18H20ClN5O2S2/c1-3-24(4-2)16(25)11-28-18-23-22-15(26-18)9-14-10-27-17(21-14)20-13-7-5-6-12(19)8-13/h5-8,10H,3-4,9,11H2,1-2H3,(H,20,21). The number of halogens is 1. The maximum Gasteiger partial charge on any atom is 0.277 e. The lowest BCUT2D eigenvalue weighted by molar-refractivity contribution is -0.127. The van der Waals surface area contributed by atoms with Crippen molar-refractivity contribution in [1.82, 2.24) is 20.1 Å². The van der Waals surface area contributed by atoms with Gasteiger partial charge in [-0.15, -0.1) is 21.5 Å². The van der Waals surface area contributed by atoms with Gasteiger partial charge in [-0.25, -0.2) is 4.98 Å². The molecule has 0 fully saturated rings. The lowest BCUT2D eigenvalue weighted by atomic mass is 10.3. The smallest absolute Gasteiger partial charge is 0.277 e. The number of aromatic nitrogens is 3. The summed E-state index contributed by atoms with van der Waals surface area (Å²) in [5.74, 6) is 0.816. The quantitative estimate of drug-likeness (QED) is 0.494. The van der Waals surface area contributed by atoms with Gasteiger partial charge in [-0.3, -0.25) is 4.79 Å². The van der Waals surface area contributed by atoms with Crippen molar-refractivity contribution in [3.05, 3.63) is 46.3 Å². The summed E-state index contributed by atoms with van der Waals surface area (Å²) < 4.78 is 5.63. The average molecular weight is 438 g/mol. The molecule has 0 aliphatic carbocycles. The number of hydrogen-bond acceptors (Lipinski definition) is 8. The Balaban J connectivity index is 1.54. The van der Waals surface area contributed by atoms with Crippen LogP contribution in [0.4, 0.5) is 10.8 Å². The third-order valence-electron chi connectivity index (χ3n) is 3.84. The topological polar surface area (TPSA) is 84.2 Å². The molecule has 0 bridgehead atoms. The summed E-state index contributed by atoms with van der Waals surface area (Å²) in [6.07, 6.45) is 0.436. The molecular weight excluding hydrogens is 418 g/mol. The van der Waals surface area contributed by atoms with Crippen LogP contribution in [0.15, 0.2) is 39.3 Å². The second kappa shape index (κ2) is 9.90. The highest BCUT2D eigenvalue weighted by molar-refractivity contribution is 7.99. The summed E-state index contributed by atoms with van der Waals surface area (Å²) in [5.41, 5.74) is 1.71. The number of rotatable bonds is 9. The number of thiazole rings is 1. The van der Waals surface area contributed by atoms with E-state index in [1.165, 1.54) is 23.1 Å². The monoisotopic (exact) mass is 437 g/mol. The molecule has 0 saturated carbocycles. The fourth-order valence-electron chi connectivity index (χ4n) is 2.45. The number of nitrogens with zero attached hydrogens (tertiary/aromatic N) is 4. The Morgan fingerprint density at radius 3 is 2.89 bits per heavy atom. The molecule has 2 heterocycles. The molecule has 7 nitrogen and oxygen atoms in total. The van der Waals surface area contributed by atoms with Crippen molar-refractivity contribution in [2.24, 2.45) is 0 Å². The van der Waals surface area contributed by atoms with Gasteiger partial charge in [-0.05, 0) is 32.0 Å². The molecule has 1 N–H and O–H groups in total. The van der Waals surface area contributed by atoms with Crippen LogP contribution in [0.25, 0.3) is 0 Å². The van der Waals surface area contributed by atoms with Gasteiger partial charge in [0.15, 0.2) is 5.13 Å². The predicted octanol–water partition coefficient (Wildman–Crippen LogP) is 4.47. The number of carbonyl (C=O) groups is 1. The summed E-state index contributed by atoms with van der Waals surface area (Å²) >= 11 is 8.74. The molecule has 10 heteroatoms. The molecule has 3 rings (SSSR count). The molecule has 0 radical (unpaired) electrons. The first-order chi connectivity index (χ1) is 13.6. The van der Waals surface area contributed by atoms with Crippen molar-refractivity contribution < 1.29 is 9.21 Å². The molecule has 0 atom stereocenters. The first-order valence-electron chi connectivity index (χ1n) is 8.77. The van der Waals surface area contributed by atoms with Gasteiger partial charge >= 0.3 is 0 Å². The van der Waals surface area contributed by atoms with E-state index in [9.17, 15) is 4.79 Å².